The summed E-state index contributed by atoms with van der Waals surface area (Å²) in [6.07, 6.45) is 1.36. The highest BCUT2D eigenvalue weighted by molar-refractivity contribution is 5.55. The number of carbonyl (C=O) groups excluding carboxylic acids is 1. The fourth-order valence-electron chi connectivity index (χ4n) is 1.93. The van der Waals surface area contributed by atoms with E-state index in [9.17, 15) is 4.79 Å². The summed E-state index contributed by atoms with van der Waals surface area (Å²) in [6.45, 7) is 4.74. The average Bonchev–Trinajstić information content (AvgIpc) is 2.42. The molecule has 19 heavy (non-hydrogen) atoms. The van der Waals surface area contributed by atoms with Gasteiger partial charge >= 0.3 is 0 Å². The maximum absolute atomic E-state index is 10.4. The lowest BCUT2D eigenvalue weighted by Crippen LogP contribution is -1.98. The number of hydrogen-bond acceptors (Lipinski definition) is 2. The second kappa shape index (κ2) is 6.19. The van der Waals surface area contributed by atoms with Crippen molar-refractivity contribution in [3.05, 3.63) is 64.7 Å². The zero-order valence-electron chi connectivity index (χ0n) is 11.3. The summed E-state index contributed by atoms with van der Waals surface area (Å²) in [5, 5.41) is 0. The SMILES string of the molecule is Cc1ccc(C)c(COc2ccc(CC=O)cc2)c1. The van der Waals surface area contributed by atoms with E-state index in [0.717, 1.165) is 17.6 Å². The van der Waals surface area contributed by atoms with Crippen LogP contribution in [-0.2, 0) is 17.8 Å². The maximum atomic E-state index is 10.4. The summed E-state index contributed by atoms with van der Waals surface area (Å²) in [5.41, 5.74) is 4.69. The number of aryl methyl sites for hydroxylation is 2. The lowest BCUT2D eigenvalue weighted by atomic mass is 10.1. The molecule has 0 aromatic heterocycles. The Kier molecular flexibility index (Phi) is 4.35. The van der Waals surface area contributed by atoms with Crippen LogP contribution in [0.3, 0.4) is 0 Å². The van der Waals surface area contributed by atoms with Crippen molar-refractivity contribution < 1.29 is 9.53 Å². The highest BCUT2D eigenvalue weighted by Crippen LogP contribution is 2.16. The number of rotatable bonds is 5. The normalized spacial score (nSPS) is 10.2. The minimum Gasteiger partial charge on any atom is -0.489 e. The molecule has 2 nitrogen and oxygen atoms in total. The molecule has 0 spiro atoms. The number of hydrogen-bond donors (Lipinski definition) is 0. The Morgan fingerprint density at radius 1 is 1.05 bits per heavy atom. The van der Waals surface area contributed by atoms with Crippen LogP contribution in [0.25, 0.3) is 0 Å². The third-order valence-corrected chi connectivity index (χ3v) is 3.14. The number of benzene rings is 2. The standard InChI is InChI=1S/C17H18O2/c1-13-3-4-14(2)16(11-13)12-19-17-7-5-15(6-8-17)9-10-18/h3-8,10-11H,9,12H2,1-2H3. The van der Waals surface area contributed by atoms with Crippen molar-refractivity contribution in [1.82, 2.24) is 0 Å². The molecule has 0 amide bonds. The molecule has 0 radical (unpaired) electrons. The van der Waals surface area contributed by atoms with Crippen LogP contribution in [0, 0.1) is 13.8 Å². The van der Waals surface area contributed by atoms with Crippen molar-refractivity contribution >= 4 is 6.29 Å². The predicted octanol–water partition coefficient (Wildman–Crippen LogP) is 3.62. The Morgan fingerprint density at radius 3 is 2.47 bits per heavy atom. The molecule has 0 aliphatic carbocycles. The van der Waals surface area contributed by atoms with E-state index in [-0.39, 0.29) is 0 Å². The Hall–Kier alpha value is -2.09. The monoisotopic (exact) mass is 254 g/mol. The number of ether oxygens (including phenoxy) is 1. The van der Waals surface area contributed by atoms with Crippen LogP contribution in [0.2, 0.25) is 0 Å². The second-order valence-corrected chi connectivity index (χ2v) is 4.73. The lowest BCUT2D eigenvalue weighted by molar-refractivity contribution is -0.107. The first-order chi connectivity index (χ1) is 9.19. The molecule has 2 rings (SSSR count). The van der Waals surface area contributed by atoms with Gasteiger partial charge in [-0.05, 0) is 42.7 Å². The van der Waals surface area contributed by atoms with E-state index < -0.39 is 0 Å². The molecule has 0 heterocycles. The van der Waals surface area contributed by atoms with Gasteiger partial charge in [-0.3, -0.25) is 0 Å². The average molecular weight is 254 g/mol. The fourth-order valence-corrected chi connectivity index (χ4v) is 1.93. The molecular weight excluding hydrogens is 236 g/mol. The van der Waals surface area contributed by atoms with Gasteiger partial charge in [0.1, 0.15) is 18.6 Å². The van der Waals surface area contributed by atoms with Crippen molar-refractivity contribution in [2.45, 2.75) is 26.9 Å². The smallest absolute Gasteiger partial charge is 0.124 e. The van der Waals surface area contributed by atoms with Crippen LogP contribution in [0.5, 0.6) is 5.75 Å². The van der Waals surface area contributed by atoms with Gasteiger partial charge in [-0.2, -0.15) is 0 Å². The molecule has 0 N–H and O–H groups in total. The van der Waals surface area contributed by atoms with E-state index in [0.29, 0.717) is 13.0 Å². The molecule has 0 saturated heterocycles. The second-order valence-electron chi connectivity index (χ2n) is 4.73. The largest absolute Gasteiger partial charge is 0.489 e. The van der Waals surface area contributed by atoms with E-state index in [1.165, 1.54) is 16.7 Å². The molecule has 0 aliphatic rings. The molecule has 2 heteroatoms. The number of aldehydes is 1. The Labute approximate surface area is 114 Å². The van der Waals surface area contributed by atoms with Crippen LogP contribution >= 0.6 is 0 Å². The predicted molar refractivity (Wildman–Crippen MR) is 76.5 cm³/mol. The third kappa shape index (κ3) is 3.68. The van der Waals surface area contributed by atoms with Crippen molar-refractivity contribution in [3.63, 3.8) is 0 Å². The van der Waals surface area contributed by atoms with Gasteiger partial charge in [0.2, 0.25) is 0 Å². The lowest BCUT2D eigenvalue weighted by Gasteiger charge is -2.10. The van der Waals surface area contributed by atoms with E-state index in [1.807, 2.05) is 24.3 Å². The highest BCUT2D eigenvalue weighted by atomic mass is 16.5. The van der Waals surface area contributed by atoms with Gasteiger partial charge in [0.05, 0.1) is 0 Å². The molecule has 0 atom stereocenters. The zero-order valence-corrected chi connectivity index (χ0v) is 11.3. The zero-order chi connectivity index (χ0) is 13.7. The van der Waals surface area contributed by atoms with Crippen molar-refractivity contribution in [1.29, 1.82) is 0 Å². The first kappa shape index (κ1) is 13.3. The van der Waals surface area contributed by atoms with Crippen LogP contribution in [0.1, 0.15) is 22.3 Å². The van der Waals surface area contributed by atoms with Crippen molar-refractivity contribution in [3.8, 4) is 5.75 Å². The van der Waals surface area contributed by atoms with Gasteiger partial charge < -0.3 is 9.53 Å². The summed E-state index contributed by atoms with van der Waals surface area (Å²) in [5.74, 6) is 0.829. The molecule has 0 unspecified atom stereocenters. The Balaban J connectivity index is 2.01. The van der Waals surface area contributed by atoms with Crippen LogP contribution < -0.4 is 4.74 Å². The van der Waals surface area contributed by atoms with E-state index in [4.69, 9.17) is 4.74 Å². The molecular formula is C17H18O2. The summed E-state index contributed by atoms with van der Waals surface area (Å²) < 4.78 is 5.77. The van der Waals surface area contributed by atoms with Crippen LogP contribution in [0.4, 0.5) is 0 Å². The third-order valence-electron chi connectivity index (χ3n) is 3.14. The minimum atomic E-state index is 0.456. The van der Waals surface area contributed by atoms with E-state index in [2.05, 4.69) is 32.0 Å². The van der Waals surface area contributed by atoms with Crippen LogP contribution in [-0.4, -0.2) is 6.29 Å². The van der Waals surface area contributed by atoms with Gasteiger partial charge in [-0.15, -0.1) is 0 Å². The topological polar surface area (TPSA) is 26.3 Å². The molecule has 0 saturated carbocycles. The number of carbonyl (C=O) groups is 1. The van der Waals surface area contributed by atoms with Crippen molar-refractivity contribution in [2.24, 2.45) is 0 Å². The van der Waals surface area contributed by atoms with Crippen LogP contribution in [0.15, 0.2) is 42.5 Å². The first-order valence-electron chi connectivity index (χ1n) is 6.40. The summed E-state index contributed by atoms with van der Waals surface area (Å²) in [7, 11) is 0. The van der Waals surface area contributed by atoms with Gasteiger partial charge in [-0.1, -0.05) is 35.9 Å². The molecule has 0 bridgehead atoms. The quantitative estimate of drug-likeness (QED) is 0.762. The van der Waals surface area contributed by atoms with Crippen molar-refractivity contribution in [2.75, 3.05) is 0 Å². The molecule has 0 aliphatic heterocycles. The molecule has 2 aromatic rings. The van der Waals surface area contributed by atoms with Gasteiger partial charge in [0.25, 0.3) is 0 Å². The fraction of sp³-hybridized carbons (Fsp3) is 0.235. The summed E-state index contributed by atoms with van der Waals surface area (Å²) in [4.78, 5) is 10.4. The van der Waals surface area contributed by atoms with Gasteiger partial charge in [0, 0.05) is 6.42 Å². The highest BCUT2D eigenvalue weighted by Gasteiger charge is 2.01. The summed E-state index contributed by atoms with van der Waals surface area (Å²) in [6, 6.07) is 14.0. The van der Waals surface area contributed by atoms with E-state index >= 15 is 0 Å². The molecule has 2 aromatic carbocycles. The summed E-state index contributed by atoms with van der Waals surface area (Å²) >= 11 is 0. The first-order valence-corrected chi connectivity index (χ1v) is 6.40. The minimum absolute atomic E-state index is 0.456. The van der Waals surface area contributed by atoms with E-state index in [1.54, 1.807) is 0 Å². The molecule has 98 valence electrons. The Morgan fingerprint density at radius 2 is 1.79 bits per heavy atom. The van der Waals surface area contributed by atoms with Gasteiger partial charge in [-0.25, -0.2) is 0 Å². The Bertz CT molecular complexity index is 556. The molecule has 0 fully saturated rings. The maximum Gasteiger partial charge on any atom is 0.124 e. The van der Waals surface area contributed by atoms with Gasteiger partial charge in [0.15, 0.2) is 0 Å².